The Morgan fingerprint density at radius 2 is 2.13 bits per heavy atom. The van der Waals surface area contributed by atoms with Crippen LogP contribution in [0.2, 0.25) is 0 Å². The molecule has 0 aliphatic rings. The normalized spacial score (nSPS) is 11.2. The summed E-state index contributed by atoms with van der Waals surface area (Å²) in [5, 5.41) is 15.5. The maximum atomic E-state index is 12.9. The first kappa shape index (κ1) is 11.0. The fourth-order valence-electron chi connectivity index (χ4n) is 1.01. The maximum absolute atomic E-state index is 12.9. The van der Waals surface area contributed by atoms with Crippen LogP contribution in [0.1, 0.15) is 12.5 Å². The van der Waals surface area contributed by atoms with Gasteiger partial charge < -0.3 is 5.11 Å². The van der Waals surface area contributed by atoms with Crippen LogP contribution in [0.4, 0.5) is 4.39 Å². The number of rotatable bonds is 2. The van der Waals surface area contributed by atoms with Crippen LogP contribution in [0.3, 0.4) is 0 Å². The van der Waals surface area contributed by atoms with Crippen molar-refractivity contribution in [2.45, 2.75) is 6.92 Å². The molecule has 6 heteroatoms. The van der Waals surface area contributed by atoms with Gasteiger partial charge in [0.15, 0.2) is 0 Å². The zero-order chi connectivity index (χ0) is 11.4. The second-order valence-corrected chi connectivity index (χ2v) is 2.93. The molecule has 0 atom stereocenters. The molecule has 0 saturated carbocycles. The van der Waals surface area contributed by atoms with Crippen molar-refractivity contribution < 1.29 is 14.6 Å². The molecule has 0 amide bonds. The molecule has 80 valence electrons. The number of phenols is 1. The Balaban J connectivity index is 3.10. The summed E-state index contributed by atoms with van der Waals surface area (Å²) >= 11 is 0. The van der Waals surface area contributed by atoms with Crippen LogP contribution >= 0.6 is 0 Å². The van der Waals surface area contributed by atoms with Crippen LogP contribution in [0.15, 0.2) is 23.3 Å². The number of benzene rings is 1. The van der Waals surface area contributed by atoms with Gasteiger partial charge in [0.1, 0.15) is 11.6 Å². The highest BCUT2D eigenvalue weighted by Crippen LogP contribution is 2.18. The highest BCUT2D eigenvalue weighted by molar-refractivity contribution is 6.00. The van der Waals surface area contributed by atoms with Crippen molar-refractivity contribution in [1.29, 1.82) is 0 Å². The number of guanidine groups is 1. The molecule has 0 aromatic heterocycles. The number of phenolic OH excluding ortho intramolecular Hbond substituents is 1. The van der Waals surface area contributed by atoms with Crippen molar-refractivity contribution in [3.05, 3.63) is 29.6 Å². The minimum Gasteiger partial charge on any atom is -0.507 e. The number of hydrazone groups is 1. The van der Waals surface area contributed by atoms with Gasteiger partial charge >= 0.3 is 5.96 Å². The van der Waals surface area contributed by atoms with Crippen molar-refractivity contribution in [2.75, 3.05) is 0 Å². The molecule has 0 heterocycles. The number of hydrogen-bond acceptors (Lipinski definition) is 2. The summed E-state index contributed by atoms with van der Waals surface area (Å²) in [6.45, 7) is 1.59. The van der Waals surface area contributed by atoms with E-state index in [1.54, 1.807) is 6.92 Å². The first-order valence-electron chi connectivity index (χ1n) is 4.18. The standard InChI is InChI=1S/C9H11FN4O/c1-5(13-14-9(11)12)7-4-6(10)2-3-8(7)15/h2-4,15H,1H3,(H4,11,12,14)/p+1/b13-5+. The largest absolute Gasteiger partial charge is 0.507 e. The minimum absolute atomic E-state index is 0.0601. The number of hydrogen-bond donors (Lipinski definition) is 4. The highest BCUT2D eigenvalue weighted by atomic mass is 19.1. The van der Waals surface area contributed by atoms with Gasteiger partial charge in [0.05, 0.1) is 5.71 Å². The van der Waals surface area contributed by atoms with E-state index in [0.717, 1.165) is 6.07 Å². The van der Waals surface area contributed by atoms with Gasteiger partial charge in [-0.25, -0.2) is 4.39 Å². The van der Waals surface area contributed by atoms with E-state index in [1.807, 2.05) is 0 Å². The van der Waals surface area contributed by atoms with Crippen molar-refractivity contribution in [3.63, 3.8) is 0 Å². The lowest BCUT2D eigenvalue weighted by Crippen LogP contribution is -2.72. The topological polar surface area (TPSA) is 98.6 Å². The number of nitrogens with zero attached hydrogens (tertiary/aromatic N) is 1. The van der Waals surface area contributed by atoms with Gasteiger partial charge in [0.25, 0.3) is 0 Å². The fraction of sp³-hybridized carbons (Fsp3) is 0.111. The fourth-order valence-corrected chi connectivity index (χ4v) is 1.01. The number of nitrogens with one attached hydrogen (secondary N) is 1. The van der Waals surface area contributed by atoms with Crippen molar-refractivity contribution >= 4 is 11.7 Å². The maximum Gasteiger partial charge on any atom is 0.362 e. The van der Waals surface area contributed by atoms with Crippen LogP contribution < -0.4 is 16.6 Å². The summed E-state index contributed by atoms with van der Waals surface area (Å²) < 4.78 is 12.9. The third-order valence-corrected chi connectivity index (χ3v) is 1.70. The molecule has 1 rings (SSSR count). The molecule has 0 spiro atoms. The summed E-state index contributed by atoms with van der Waals surface area (Å²) in [6, 6.07) is 3.57. The van der Waals surface area contributed by atoms with Crippen LogP contribution in [0, 0.1) is 5.82 Å². The molecule has 6 N–H and O–H groups in total. The Kier molecular flexibility index (Phi) is 3.22. The Labute approximate surface area is 85.9 Å². The predicted molar refractivity (Wildman–Crippen MR) is 54.6 cm³/mol. The van der Waals surface area contributed by atoms with Gasteiger partial charge in [-0.05, 0) is 25.1 Å². The monoisotopic (exact) mass is 211 g/mol. The SMILES string of the molecule is C/C(=N\[NH+]=C(N)N)c1cc(F)ccc1O. The Bertz CT molecular complexity index is 424. The van der Waals surface area contributed by atoms with Gasteiger partial charge in [-0.3, -0.25) is 11.5 Å². The average Bonchev–Trinajstić information content (AvgIpc) is 2.18. The Morgan fingerprint density at radius 3 is 2.73 bits per heavy atom. The summed E-state index contributed by atoms with van der Waals surface area (Å²) in [5.41, 5.74) is 10.9. The van der Waals surface area contributed by atoms with E-state index in [-0.39, 0.29) is 17.3 Å². The highest BCUT2D eigenvalue weighted by Gasteiger charge is 2.06. The van der Waals surface area contributed by atoms with E-state index in [1.165, 1.54) is 12.1 Å². The van der Waals surface area contributed by atoms with Crippen LogP contribution in [0.25, 0.3) is 0 Å². The van der Waals surface area contributed by atoms with E-state index in [0.29, 0.717) is 5.71 Å². The number of aromatic hydroxyl groups is 1. The van der Waals surface area contributed by atoms with E-state index < -0.39 is 5.82 Å². The second-order valence-electron chi connectivity index (χ2n) is 2.93. The molecular weight excluding hydrogens is 199 g/mol. The zero-order valence-corrected chi connectivity index (χ0v) is 8.16. The molecule has 15 heavy (non-hydrogen) atoms. The first-order valence-corrected chi connectivity index (χ1v) is 4.18. The Morgan fingerprint density at radius 1 is 1.47 bits per heavy atom. The van der Waals surface area contributed by atoms with Crippen molar-refractivity contribution in [3.8, 4) is 5.75 Å². The number of nitrogens with two attached hydrogens (primary N) is 2. The van der Waals surface area contributed by atoms with Gasteiger partial charge in [-0.1, -0.05) is 0 Å². The van der Waals surface area contributed by atoms with Crippen molar-refractivity contribution in [1.82, 2.24) is 0 Å². The third kappa shape index (κ3) is 2.94. The molecule has 0 aliphatic heterocycles. The lowest BCUT2D eigenvalue weighted by Gasteiger charge is -2.01. The molecule has 0 unspecified atom stereocenters. The van der Waals surface area contributed by atoms with Gasteiger partial charge in [-0.15, -0.1) is 5.10 Å². The Hall–Kier alpha value is -2.11. The van der Waals surface area contributed by atoms with E-state index in [4.69, 9.17) is 11.5 Å². The van der Waals surface area contributed by atoms with E-state index >= 15 is 0 Å². The quantitative estimate of drug-likeness (QED) is 0.275. The molecule has 0 bridgehead atoms. The average molecular weight is 211 g/mol. The van der Waals surface area contributed by atoms with Crippen LogP contribution in [-0.4, -0.2) is 16.8 Å². The lowest BCUT2D eigenvalue weighted by molar-refractivity contribution is -0.464. The van der Waals surface area contributed by atoms with Crippen LogP contribution in [0.5, 0.6) is 5.75 Å². The molecule has 5 nitrogen and oxygen atoms in total. The first-order chi connectivity index (χ1) is 7.00. The lowest BCUT2D eigenvalue weighted by atomic mass is 10.1. The van der Waals surface area contributed by atoms with Gasteiger partial charge in [0, 0.05) is 5.56 Å². The molecule has 1 aromatic carbocycles. The van der Waals surface area contributed by atoms with Gasteiger partial charge in [0.2, 0.25) is 0 Å². The summed E-state index contributed by atoms with van der Waals surface area (Å²) in [7, 11) is 0. The zero-order valence-electron chi connectivity index (χ0n) is 8.16. The predicted octanol–water partition coefficient (Wildman–Crippen LogP) is -1.39. The second kappa shape index (κ2) is 4.41. The van der Waals surface area contributed by atoms with Crippen LogP contribution in [-0.2, 0) is 0 Å². The van der Waals surface area contributed by atoms with E-state index in [2.05, 4.69) is 10.2 Å². The minimum atomic E-state index is -0.456. The summed E-state index contributed by atoms with van der Waals surface area (Å²) in [5.74, 6) is -0.595. The molecular formula is C9H12FN4O+. The molecule has 0 aliphatic carbocycles. The molecule has 0 saturated heterocycles. The molecule has 0 radical (unpaired) electrons. The summed E-state index contributed by atoms with van der Waals surface area (Å²) in [4.78, 5) is 0. The molecule has 0 fully saturated rings. The van der Waals surface area contributed by atoms with Crippen molar-refractivity contribution in [2.24, 2.45) is 16.6 Å². The number of halogens is 1. The smallest absolute Gasteiger partial charge is 0.362 e. The third-order valence-electron chi connectivity index (χ3n) is 1.70. The van der Waals surface area contributed by atoms with E-state index in [9.17, 15) is 9.50 Å². The molecule has 1 aromatic rings. The summed E-state index contributed by atoms with van der Waals surface area (Å²) in [6.07, 6.45) is 0. The van der Waals surface area contributed by atoms with Gasteiger partial charge in [-0.2, -0.15) is 5.10 Å².